The molecule has 5 rings (SSSR count). The molecule has 1 N–H and O–H groups in total. The van der Waals surface area contributed by atoms with Crippen molar-refractivity contribution in [1.82, 2.24) is 24.8 Å². The van der Waals surface area contributed by atoms with E-state index in [2.05, 4.69) is 62.8 Å². The van der Waals surface area contributed by atoms with Crippen LogP contribution in [0.5, 0.6) is 0 Å². The molecule has 4 heterocycles. The third kappa shape index (κ3) is 5.14. The van der Waals surface area contributed by atoms with Crippen molar-refractivity contribution in [1.29, 1.82) is 0 Å². The van der Waals surface area contributed by atoms with Crippen LogP contribution in [0.3, 0.4) is 0 Å². The van der Waals surface area contributed by atoms with Gasteiger partial charge in [0.1, 0.15) is 11.6 Å². The molecule has 180 valence electrons. The molecule has 0 spiro atoms. The number of aryl methyl sites for hydroxylation is 1. The van der Waals surface area contributed by atoms with E-state index in [0.29, 0.717) is 17.1 Å². The van der Waals surface area contributed by atoms with E-state index in [1.54, 1.807) is 6.20 Å². The quantitative estimate of drug-likeness (QED) is 0.540. The maximum Gasteiger partial charge on any atom is 0.147 e. The molecule has 0 amide bonds. The fourth-order valence-corrected chi connectivity index (χ4v) is 5.77. The molecule has 2 aromatic heterocycles. The van der Waals surface area contributed by atoms with Gasteiger partial charge in [0.15, 0.2) is 0 Å². The number of piperazine rings is 1. The molecule has 2 aliphatic rings. The van der Waals surface area contributed by atoms with E-state index in [4.69, 9.17) is 16.6 Å². The number of H-pyrrole nitrogens is 1. The minimum absolute atomic E-state index is 0.532. The fourth-order valence-electron chi connectivity index (χ4n) is 5.48. The molecule has 0 saturated carbocycles. The van der Waals surface area contributed by atoms with Crippen LogP contribution < -0.4 is 4.90 Å². The number of piperidine rings is 1. The number of halogens is 1. The second-order valence-electron chi connectivity index (χ2n) is 9.71. The van der Waals surface area contributed by atoms with Gasteiger partial charge < -0.3 is 9.88 Å². The minimum atomic E-state index is 0.532. The van der Waals surface area contributed by atoms with Crippen LogP contribution in [0.1, 0.15) is 37.3 Å². The zero-order chi connectivity index (χ0) is 23.5. The largest absolute Gasteiger partial charge is 0.353 e. The van der Waals surface area contributed by atoms with Gasteiger partial charge in [-0.3, -0.25) is 9.80 Å². The number of nitrogens with one attached hydrogen (secondary N) is 1. The number of rotatable bonds is 6. The molecule has 1 unspecified atom stereocenters. The van der Waals surface area contributed by atoms with E-state index in [-0.39, 0.29) is 0 Å². The first-order valence-corrected chi connectivity index (χ1v) is 12.9. The van der Waals surface area contributed by atoms with Crippen molar-refractivity contribution in [2.45, 2.75) is 51.7 Å². The molecule has 1 aromatic carbocycles. The van der Waals surface area contributed by atoms with E-state index in [1.807, 2.05) is 18.5 Å². The lowest BCUT2D eigenvalue weighted by atomic mass is 9.97. The molecule has 2 aliphatic heterocycles. The summed E-state index contributed by atoms with van der Waals surface area (Å²) in [6.45, 7) is 10.9. The maximum absolute atomic E-state index is 6.68. The van der Waals surface area contributed by atoms with E-state index in [0.717, 1.165) is 49.8 Å². The second-order valence-corrected chi connectivity index (χ2v) is 10.1. The van der Waals surface area contributed by atoms with Crippen molar-refractivity contribution in [3.63, 3.8) is 0 Å². The molecule has 2 fully saturated rings. The van der Waals surface area contributed by atoms with Crippen molar-refractivity contribution in [3.05, 3.63) is 65.1 Å². The molecular weight excluding hydrogens is 444 g/mol. The monoisotopic (exact) mass is 478 g/mol. The van der Waals surface area contributed by atoms with Crippen molar-refractivity contribution in [2.75, 3.05) is 37.6 Å². The molecule has 2 saturated heterocycles. The molecule has 0 aliphatic carbocycles. The lowest BCUT2D eigenvalue weighted by Crippen LogP contribution is -2.58. The van der Waals surface area contributed by atoms with E-state index >= 15 is 0 Å². The predicted octanol–water partition coefficient (Wildman–Crippen LogP) is 5.00. The Balaban J connectivity index is 1.18. The van der Waals surface area contributed by atoms with Crippen molar-refractivity contribution >= 4 is 17.4 Å². The average molecular weight is 479 g/mol. The summed E-state index contributed by atoms with van der Waals surface area (Å²) in [4.78, 5) is 19.9. The van der Waals surface area contributed by atoms with Crippen LogP contribution in [0, 0.1) is 6.92 Å². The lowest BCUT2D eigenvalue weighted by molar-refractivity contribution is 0.0610. The Morgan fingerprint density at radius 2 is 1.85 bits per heavy atom. The fraction of sp³-hybridized carbons (Fsp3) is 0.481. The van der Waals surface area contributed by atoms with Crippen LogP contribution in [0.4, 0.5) is 5.82 Å². The number of pyridine rings is 1. The Morgan fingerprint density at radius 3 is 2.53 bits per heavy atom. The summed E-state index contributed by atoms with van der Waals surface area (Å²) in [7, 11) is 0. The zero-order valence-corrected chi connectivity index (χ0v) is 21.0. The number of hydrogen-bond donors (Lipinski definition) is 1. The van der Waals surface area contributed by atoms with Crippen LogP contribution in [0.25, 0.3) is 11.4 Å². The Labute approximate surface area is 208 Å². The van der Waals surface area contributed by atoms with E-state index < -0.39 is 0 Å². The molecule has 0 radical (unpaired) electrons. The Hall–Kier alpha value is -2.41. The van der Waals surface area contributed by atoms with Crippen molar-refractivity contribution in [2.24, 2.45) is 0 Å². The maximum atomic E-state index is 6.68. The van der Waals surface area contributed by atoms with Gasteiger partial charge in [0.25, 0.3) is 0 Å². The van der Waals surface area contributed by atoms with Gasteiger partial charge in [-0.25, -0.2) is 9.97 Å². The summed E-state index contributed by atoms with van der Waals surface area (Å²) >= 11 is 6.68. The highest BCUT2D eigenvalue weighted by molar-refractivity contribution is 6.33. The number of aromatic amines is 1. The van der Waals surface area contributed by atoms with Crippen LogP contribution in [-0.4, -0.2) is 69.6 Å². The van der Waals surface area contributed by atoms with Gasteiger partial charge in [-0.2, -0.15) is 0 Å². The lowest BCUT2D eigenvalue weighted by Gasteiger charge is -2.47. The SMILES string of the molecule is CCC1CN(c2ncc(-c3ncc[nH]3)cc2Cl)CCN1C1CCN(Cc2ccc(C)cc2)CC1. The standard InChI is InChI=1S/C27H35ClN6/c1-3-23-19-33(27-25(28)16-22(17-31-27)26-29-10-11-30-26)14-15-34(23)24-8-12-32(13-9-24)18-21-6-4-20(2)5-7-21/h4-7,10-11,16-17,23-24H,3,8-9,12-15,18-19H2,1-2H3,(H,29,30). The minimum Gasteiger partial charge on any atom is -0.353 e. The van der Waals surface area contributed by atoms with Crippen LogP contribution in [0.15, 0.2) is 48.9 Å². The number of likely N-dealkylation sites (tertiary alicyclic amines) is 1. The molecule has 0 bridgehead atoms. The van der Waals surface area contributed by atoms with Crippen LogP contribution in [0.2, 0.25) is 5.02 Å². The van der Waals surface area contributed by atoms with E-state index in [9.17, 15) is 0 Å². The second kappa shape index (κ2) is 10.5. The van der Waals surface area contributed by atoms with Gasteiger partial charge in [0, 0.05) is 62.4 Å². The Bertz CT molecular complexity index is 1060. The summed E-state index contributed by atoms with van der Waals surface area (Å²) in [5, 5.41) is 0.696. The Morgan fingerprint density at radius 1 is 1.06 bits per heavy atom. The zero-order valence-electron chi connectivity index (χ0n) is 20.3. The molecule has 3 aromatic rings. The normalized spacial score (nSPS) is 20.7. The highest BCUT2D eigenvalue weighted by Gasteiger charge is 2.34. The molecule has 7 heteroatoms. The molecule has 1 atom stereocenters. The number of hydrogen-bond acceptors (Lipinski definition) is 5. The summed E-state index contributed by atoms with van der Waals surface area (Å²) in [5.41, 5.74) is 3.67. The average Bonchev–Trinajstić information content (AvgIpc) is 3.41. The number of benzene rings is 1. The van der Waals surface area contributed by atoms with Crippen molar-refractivity contribution < 1.29 is 0 Å². The number of nitrogens with zero attached hydrogens (tertiary/aromatic N) is 5. The highest BCUT2D eigenvalue weighted by Crippen LogP contribution is 2.31. The summed E-state index contributed by atoms with van der Waals surface area (Å²) in [6, 6.07) is 12.2. The van der Waals surface area contributed by atoms with Gasteiger partial charge in [-0.1, -0.05) is 48.4 Å². The first kappa shape index (κ1) is 23.3. The Kier molecular flexibility index (Phi) is 7.18. The number of anilines is 1. The topological polar surface area (TPSA) is 51.3 Å². The summed E-state index contributed by atoms with van der Waals surface area (Å²) in [5.74, 6) is 1.69. The highest BCUT2D eigenvalue weighted by atomic mass is 35.5. The molecule has 34 heavy (non-hydrogen) atoms. The third-order valence-electron chi connectivity index (χ3n) is 7.45. The van der Waals surface area contributed by atoms with E-state index in [1.165, 1.54) is 37.1 Å². The first-order chi connectivity index (χ1) is 16.6. The summed E-state index contributed by atoms with van der Waals surface area (Å²) < 4.78 is 0. The molecular formula is C27H35ClN6. The van der Waals surface area contributed by atoms with Crippen LogP contribution >= 0.6 is 11.6 Å². The number of imidazole rings is 1. The third-order valence-corrected chi connectivity index (χ3v) is 7.72. The van der Waals surface area contributed by atoms with Gasteiger partial charge in [0.2, 0.25) is 0 Å². The van der Waals surface area contributed by atoms with Gasteiger partial charge in [-0.05, 0) is 50.9 Å². The van der Waals surface area contributed by atoms with Gasteiger partial charge >= 0.3 is 0 Å². The smallest absolute Gasteiger partial charge is 0.147 e. The van der Waals surface area contributed by atoms with Gasteiger partial charge in [0.05, 0.1) is 5.02 Å². The predicted molar refractivity (Wildman–Crippen MR) is 139 cm³/mol. The molecule has 6 nitrogen and oxygen atoms in total. The van der Waals surface area contributed by atoms with Crippen molar-refractivity contribution in [3.8, 4) is 11.4 Å². The first-order valence-electron chi connectivity index (χ1n) is 12.5. The number of aromatic nitrogens is 3. The van der Waals surface area contributed by atoms with Gasteiger partial charge in [-0.15, -0.1) is 0 Å². The van der Waals surface area contributed by atoms with Crippen LogP contribution in [-0.2, 0) is 6.54 Å². The summed E-state index contributed by atoms with van der Waals surface area (Å²) in [6.07, 6.45) is 9.07.